The van der Waals surface area contributed by atoms with Crippen molar-refractivity contribution in [3.05, 3.63) is 68.9 Å². The average Bonchev–Trinajstić information content (AvgIpc) is 3.94. The van der Waals surface area contributed by atoms with Crippen molar-refractivity contribution >= 4 is 34.5 Å². The molecular weight excluding hydrogens is 931 g/mol. The standard InChI is InChI=1S/C59H82F2N4O8/c1-19-56-24-23-30(6)64-35(11)34(10)58(49(56)64)45-33(9)46(43(71-21-3)27-42(45)63(20-2)50(58)59(69,53(68)70-18)51(56)73-38(14)66)57(52(67)72-22-4)28-39-26-40(55(17,60)61)37(13)65(36(39)12)54(15,16)47-44-32(8)31(7)29(5)25-41(44)62-48(47)57/h23-25,27,30,34-37,39-40,49-51,62,69H,19-22,26,28H2,1-18H3/t30?,34-,35?,36?,37?,39+,40-,49+,50-,51-,56-,57+,58?,59+/m1/s1. The van der Waals surface area contributed by atoms with Crippen molar-refractivity contribution in [2.45, 2.75) is 207 Å². The van der Waals surface area contributed by atoms with Gasteiger partial charge in [-0.2, -0.15) is 0 Å². The first-order valence-corrected chi connectivity index (χ1v) is 27.1. The minimum absolute atomic E-state index is 0.0535. The first-order chi connectivity index (χ1) is 34.1. The Balaban J connectivity index is 1.51. The molecule has 5 aliphatic heterocycles. The molecule has 14 heteroatoms. The van der Waals surface area contributed by atoms with Gasteiger partial charge in [-0.1, -0.05) is 26.0 Å². The van der Waals surface area contributed by atoms with Gasteiger partial charge in [0.05, 0.1) is 26.4 Å². The summed E-state index contributed by atoms with van der Waals surface area (Å²) in [6.45, 7) is 34.0. The zero-order valence-corrected chi connectivity index (χ0v) is 46.7. The van der Waals surface area contributed by atoms with Crippen LogP contribution in [0.2, 0.25) is 0 Å². The molecule has 9 rings (SSSR count). The van der Waals surface area contributed by atoms with Gasteiger partial charge >= 0.3 is 17.9 Å². The van der Waals surface area contributed by atoms with Crippen molar-refractivity contribution in [1.29, 1.82) is 0 Å². The zero-order valence-electron chi connectivity index (χ0n) is 46.7. The number of rotatable bonds is 10. The molecule has 2 saturated heterocycles. The van der Waals surface area contributed by atoms with Gasteiger partial charge in [-0.15, -0.1) is 0 Å². The predicted molar refractivity (Wildman–Crippen MR) is 279 cm³/mol. The lowest BCUT2D eigenvalue weighted by molar-refractivity contribution is -0.231. The highest BCUT2D eigenvalue weighted by atomic mass is 19.3. The van der Waals surface area contributed by atoms with Crippen LogP contribution >= 0.6 is 0 Å². The maximum absolute atomic E-state index is 16.5. The Morgan fingerprint density at radius 1 is 0.877 bits per heavy atom. The summed E-state index contributed by atoms with van der Waals surface area (Å²) in [6.07, 6.45) is 3.50. The number of esters is 3. The number of carbonyl (C=O) groups is 3. The largest absolute Gasteiger partial charge is 0.493 e. The molecular formula is C59H82F2N4O8. The number of likely N-dealkylation sites (N-methyl/N-ethyl adjacent to an activating group) is 1. The van der Waals surface area contributed by atoms with Crippen LogP contribution in [0.4, 0.5) is 14.5 Å². The third kappa shape index (κ3) is 6.59. The fourth-order valence-electron chi connectivity index (χ4n) is 17.4. The van der Waals surface area contributed by atoms with E-state index < -0.39 is 87.3 Å². The third-order valence-corrected chi connectivity index (χ3v) is 20.3. The van der Waals surface area contributed by atoms with Crippen molar-refractivity contribution < 1.29 is 47.2 Å². The number of hydrogen-bond donors (Lipinski definition) is 2. The number of nitrogens with one attached hydrogen (secondary N) is 1. The van der Waals surface area contributed by atoms with E-state index >= 15 is 18.4 Å². The van der Waals surface area contributed by atoms with Gasteiger partial charge in [-0.25, -0.2) is 13.6 Å². The molecule has 1 spiro atoms. The van der Waals surface area contributed by atoms with Crippen LogP contribution in [0.5, 0.6) is 5.75 Å². The van der Waals surface area contributed by atoms with Crippen molar-refractivity contribution in [2.75, 3.05) is 31.8 Å². The van der Waals surface area contributed by atoms with Crippen LogP contribution in [0.15, 0.2) is 24.3 Å². The number of anilines is 1. The summed E-state index contributed by atoms with van der Waals surface area (Å²) in [5.74, 6) is -6.41. The number of piperidine rings is 1. The van der Waals surface area contributed by atoms with E-state index in [1.54, 1.807) is 6.92 Å². The molecule has 1 saturated carbocycles. The number of H-pyrrole nitrogens is 1. The van der Waals surface area contributed by atoms with Gasteiger partial charge in [0.15, 0.2) is 6.10 Å². The van der Waals surface area contributed by atoms with Gasteiger partial charge in [0.2, 0.25) is 11.5 Å². The number of ether oxygens (including phenoxy) is 4. The maximum Gasteiger partial charge on any atom is 0.344 e. The summed E-state index contributed by atoms with van der Waals surface area (Å²) in [5.41, 5.74) is 1.21. The van der Waals surface area contributed by atoms with E-state index in [2.05, 4.69) is 107 Å². The molecule has 2 aromatic carbocycles. The number of fused-ring (bicyclic) bond motifs is 6. The number of alkyl halides is 2. The summed E-state index contributed by atoms with van der Waals surface area (Å²) < 4.78 is 58.3. The Morgan fingerprint density at radius 3 is 2.12 bits per heavy atom. The highest BCUT2D eigenvalue weighted by molar-refractivity contribution is 5.98. The third-order valence-electron chi connectivity index (χ3n) is 20.3. The molecule has 6 aliphatic rings. The Morgan fingerprint density at radius 2 is 1.55 bits per heavy atom. The molecule has 6 unspecified atom stereocenters. The highest BCUT2D eigenvalue weighted by Crippen LogP contribution is 2.72. The van der Waals surface area contributed by atoms with Crippen LogP contribution in [0.25, 0.3) is 10.9 Å². The molecule has 6 heterocycles. The van der Waals surface area contributed by atoms with E-state index in [0.717, 1.165) is 56.9 Å². The summed E-state index contributed by atoms with van der Waals surface area (Å²) in [4.78, 5) is 55.9. The van der Waals surface area contributed by atoms with Crippen molar-refractivity contribution in [3.63, 3.8) is 0 Å². The van der Waals surface area contributed by atoms with Crippen molar-refractivity contribution in [1.82, 2.24) is 14.8 Å². The predicted octanol–water partition coefficient (Wildman–Crippen LogP) is 10.0. The second-order valence-electron chi connectivity index (χ2n) is 23.7. The van der Waals surface area contributed by atoms with Crippen LogP contribution in [0.3, 0.4) is 0 Å². The van der Waals surface area contributed by atoms with Crippen molar-refractivity contribution in [2.24, 2.45) is 23.2 Å². The van der Waals surface area contributed by atoms with Gasteiger partial charge in [-0.3, -0.25) is 19.4 Å². The summed E-state index contributed by atoms with van der Waals surface area (Å²) in [7, 11) is 1.26. The smallest absolute Gasteiger partial charge is 0.344 e. The number of carbonyl (C=O) groups excluding carboxylic acids is 3. The lowest BCUT2D eigenvalue weighted by atomic mass is 9.45. The molecule has 15 atom stereocenters. The van der Waals surface area contributed by atoms with Gasteiger partial charge in [0.25, 0.3) is 0 Å². The van der Waals surface area contributed by atoms with Crippen molar-refractivity contribution in [3.8, 4) is 5.75 Å². The minimum atomic E-state index is -3.04. The number of aliphatic hydroxyl groups is 1. The van der Waals surface area contributed by atoms with Crippen LogP contribution in [0, 0.1) is 50.9 Å². The molecule has 2 bridgehead atoms. The molecule has 73 heavy (non-hydrogen) atoms. The van der Waals surface area contributed by atoms with Crippen LogP contribution < -0.4 is 9.64 Å². The van der Waals surface area contributed by atoms with E-state index in [1.807, 2.05) is 33.8 Å². The number of methoxy groups -OCH3 is 1. The fourth-order valence-corrected chi connectivity index (χ4v) is 17.4. The monoisotopic (exact) mass is 1010 g/mol. The number of hydrogen-bond acceptors (Lipinski definition) is 11. The van der Waals surface area contributed by atoms with E-state index in [-0.39, 0.29) is 50.1 Å². The Bertz CT molecular complexity index is 2800. The van der Waals surface area contributed by atoms with E-state index in [9.17, 15) is 9.90 Å². The number of halogens is 2. The normalized spacial score (nSPS) is 37.2. The number of aromatic nitrogens is 1. The van der Waals surface area contributed by atoms with E-state index in [0.29, 0.717) is 30.0 Å². The fraction of sp³-hybridized carbons (Fsp3) is 0.678. The Labute approximate surface area is 431 Å². The topological polar surface area (TPSA) is 134 Å². The lowest BCUT2D eigenvalue weighted by Crippen LogP contribution is -2.82. The zero-order chi connectivity index (χ0) is 53.8. The average molecular weight is 1010 g/mol. The Kier molecular flexibility index (Phi) is 12.8. The van der Waals surface area contributed by atoms with Crippen LogP contribution in [-0.4, -0.2) is 119 Å². The minimum Gasteiger partial charge on any atom is -0.493 e. The molecule has 3 aromatic rings. The van der Waals surface area contributed by atoms with Gasteiger partial charge in [0, 0.05) is 105 Å². The molecule has 12 nitrogen and oxygen atoms in total. The molecule has 0 radical (unpaired) electrons. The number of aromatic amines is 1. The van der Waals surface area contributed by atoms with Gasteiger partial charge in [-0.05, 0) is 162 Å². The number of aryl methyl sites for hydroxylation is 2. The molecule has 400 valence electrons. The molecule has 2 N–H and O–H groups in total. The molecule has 1 aliphatic carbocycles. The first kappa shape index (κ1) is 53.3. The summed E-state index contributed by atoms with van der Waals surface area (Å²) in [5, 5.41) is 15.0. The second-order valence-corrected chi connectivity index (χ2v) is 23.7. The van der Waals surface area contributed by atoms with E-state index in [1.165, 1.54) is 14.0 Å². The summed E-state index contributed by atoms with van der Waals surface area (Å²) in [6, 6.07) is 1.64. The lowest BCUT2D eigenvalue weighted by Gasteiger charge is -2.65. The summed E-state index contributed by atoms with van der Waals surface area (Å²) >= 11 is 0. The van der Waals surface area contributed by atoms with E-state index in [4.69, 9.17) is 18.9 Å². The van der Waals surface area contributed by atoms with Crippen LogP contribution in [0.1, 0.15) is 154 Å². The SMILES string of the molecule is CCOC(=O)[C@]1(c2c(OCC)cc3c(c2C)C24[C@H](C)C(C)N5C(C)C=C[C@](CC)([C@H]52)[C@@H](OC(C)=O)[C@](O)(C(=O)OC)[C@@H]4N3CC)C[C@@H]2C[C@@H](C(C)(F)F)C(C)N(C2C)C(C)(C)c2c1[nH]c1cc(C)c(C)c(C)c21. The first-order valence-electron chi connectivity index (χ1n) is 27.1. The Hall–Kier alpha value is -4.53. The molecule has 1 aromatic heterocycles. The van der Waals surface area contributed by atoms with Gasteiger partial charge < -0.3 is 33.9 Å². The van der Waals surface area contributed by atoms with Crippen LogP contribution in [-0.2, 0) is 45.0 Å². The number of benzene rings is 2. The molecule has 0 amide bonds. The maximum atomic E-state index is 16.5. The number of nitrogens with zero attached hydrogens (tertiary/aromatic N) is 3. The highest BCUT2D eigenvalue weighted by Gasteiger charge is 2.84. The quantitative estimate of drug-likeness (QED) is 0.114. The second kappa shape index (κ2) is 17.5. The molecule has 3 fully saturated rings. The van der Waals surface area contributed by atoms with Gasteiger partial charge in [0.1, 0.15) is 11.2 Å².